The highest BCUT2D eigenvalue weighted by atomic mass is 32.2. The third kappa shape index (κ3) is 6.57. The van der Waals surface area contributed by atoms with Crippen LogP contribution in [0.2, 0.25) is 0 Å². The predicted octanol–water partition coefficient (Wildman–Crippen LogP) is 1.16. The second-order valence-corrected chi connectivity index (χ2v) is 6.78. The Morgan fingerprint density at radius 1 is 1.12 bits per heavy atom. The summed E-state index contributed by atoms with van der Waals surface area (Å²) in [5.74, 6) is 0. The summed E-state index contributed by atoms with van der Waals surface area (Å²) in [6.07, 6.45) is 0. The molecule has 0 saturated carbocycles. The van der Waals surface area contributed by atoms with Gasteiger partial charge in [0.15, 0.2) is 12.3 Å². The summed E-state index contributed by atoms with van der Waals surface area (Å²) in [7, 11) is -6.36. The van der Waals surface area contributed by atoms with Crippen molar-refractivity contribution in [3.63, 3.8) is 0 Å². The molecule has 9 heteroatoms. The van der Waals surface area contributed by atoms with Gasteiger partial charge in [-0.3, -0.25) is 4.57 Å². The quantitative estimate of drug-likeness (QED) is 0.354. The molecule has 16 heavy (non-hydrogen) atoms. The van der Waals surface area contributed by atoms with E-state index in [9.17, 15) is 13.0 Å². The molecule has 0 radical (unpaired) electrons. The molecule has 0 saturated heterocycles. The molecule has 0 heterocycles. The molecule has 7 nitrogen and oxygen atoms in total. The molecular weight excluding hydrogens is 259 g/mol. The fourth-order valence-electron chi connectivity index (χ4n) is 0.858. The average molecular weight is 276 g/mol. The summed E-state index contributed by atoms with van der Waals surface area (Å²) in [6.45, 7) is 2.94. The molecule has 0 N–H and O–H groups in total. The van der Waals surface area contributed by atoms with Crippen LogP contribution in [0.4, 0.5) is 0 Å². The van der Waals surface area contributed by atoms with E-state index >= 15 is 0 Å². The number of methoxy groups -OCH3 is 1. The highest BCUT2D eigenvalue weighted by Crippen LogP contribution is 2.49. The number of hydrogen-bond acceptors (Lipinski definition) is 7. The van der Waals surface area contributed by atoms with Gasteiger partial charge in [-0.1, -0.05) is 0 Å². The van der Waals surface area contributed by atoms with Gasteiger partial charge < -0.3 is 13.8 Å². The molecule has 0 aliphatic heterocycles. The second-order valence-electron chi connectivity index (χ2n) is 2.66. The van der Waals surface area contributed by atoms with E-state index in [1.807, 2.05) is 0 Å². The van der Waals surface area contributed by atoms with Crippen LogP contribution in [-0.2, 0) is 32.7 Å². The molecule has 0 aromatic heterocycles. The van der Waals surface area contributed by atoms with Crippen molar-refractivity contribution >= 4 is 17.7 Å². The SMILES string of the molecule is CCOP(=O)(CS(=O)(=O)OCOC)OCC. The lowest BCUT2D eigenvalue weighted by atomic mass is 10.9. The van der Waals surface area contributed by atoms with Gasteiger partial charge in [0.25, 0.3) is 10.1 Å². The highest BCUT2D eigenvalue weighted by molar-refractivity contribution is 7.93. The minimum absolute atomic E-state index is 0.0943. The van der Waals surface area contributed by atoms with Gasteiger partial charge in [0.2, 0.25) is 0 Å². The van der Waals surface area contributed by atoms with E-state index in [0.717, 1.165) is 0 Å². The standard InChI is InChI=1S/C7H17O7PS/c1-4-12-15(8,13-5-2)7-16(9,10)14-6-11-3/h4-7H2,1-3H3. The highest BCUT2D eigenvalue weighted by Gasteiger charge is 2.32. The molecule has 0 aromatic rings. The summed E-state index contributed by atoms with van der Waals surface area (Å²) in [4.78, 5) is 0. The smallest absolute Gasteiger partial charge is 0.348 e. The van der Waals surface area contributed by atoms with Crippen molar-refractivity contribution in [3.8, 4) is 0 Å². The van der Waals surface area contributed by atoms with Crippen LogP contribution in [0.1, 0.15) is 13.8 Å². The normalized spacial score (nSPS) is 12.9. The van der Waals surface area contributed by atoms with Gasteiger partial charge in [-0.2, -0.15) is 8.42 Å². The minimum Gasteiger partial charge on any atom is -0.357 e. The van der Waals surface area contributed by atoms with Gasteiger partial charge in [-0.15, -0.1) is 0 Å². The number of ether oxygens (including phenoxy) is 1. The zero-order chi connectivity index (χ0) is 12.7. The molecule has 0 amide bonds. The Morgan fingerprint density at radius 2 is 1.62 bits per heavy atom. The fourth-order valence-corrected chi connectivity index (χ4v) is 4.41. The van der Waals surface area contributed by atoms with Gasteiger partial charge in [-0.25, -0.2) is 4.18 Å². The molecule has 0 unspecified atom stereocenters. The first-order chi connectivity index (χ1) is 7.39. The lowest BCUT2D eigenvalue weighted by Crippen LogP contribution is -2.15. The Morgan fingerprint density at radius 3 is 2.00 bits per heavy atom. The topological polar surface area (TPSA) is 88.1 Å². The Hall–Kier alpha value is 0.0200. The van der Waals surface area contributed by atoms with Crippen molar-refractivity contribution in [2.75, 3.05) is 32.6 Å². The lowest BCUT2D eigenvalue weighted by molar-refractivity contribution is 0.0564. The monoisotopic (exact) mass is 276 g/mol. The fraction of sp³-hybridized carbons (Fsp3) is 1.00. The third-order valence-corrected chi connectivity index (χ3v) is 5.60. The van der Waals surface area contributed by atoms with Crippen LogP contribution in [0.25, 0.3) is 0 Å². The molecule has 98 valence electrons. The van der Waals surface area contributed by atoms with Crippen LogP contribution in [0.3, 0.4) is 0 Å². The van der Waals surface area contributed by atoms with E-state index in [1.54, 1.807) is 13.8 Å². The molecule has 0 aromatic carbocycles. The first kappa shape index (κ1) is 16.0. The zero-order valence-corrected chi connectivity index (χ0v) is 11.3. The maximum absolute atomic E-state index is 11.8. The maximum Gasteiger partial charge on any atom is 0.348 e. The summed E-state index contributed by atoms with van der Waals surface area (Å²) >= 11 is 0. The van der Waals surface area contributed by atoms with Crippen LogP contribution in [0.15, 0.2) is 0 Å². The Kier molecular flexibility index (Phi) is 7.38. The Labute approximate surface area is 95.7 Å². The maximum atomic E-state index is 11.8. The summed E-state index contributed by atoms with van der Waals surface area (Å²) in [5.41, 5.74) is -0.814. The van der Waals surface area contributed by atoms with E-state index in [4.69, 9.17) is 9.05 Å². The van der Waals surface area contributed by atoms with E-state index in [1.165, 1.54) is 7.11 Å². The molecule has 0 spiro atoms. The van der Waals surface area contributed by atoms with Gasteiger partial charge in [-0.05, 0) is 13.8 Å². The van der Waals surface area contributed by atoms with Gasteiger partial charge in [0, 0.05) is 7.11 Å². The molecule has 0 aliphatic carbocycles. The van der Waals surface area contributed by atoms with Gasteiger partial charge in [0.1, 0.15) is 0 Å². The second kappa shape index (κ2) is 7.37. The van der Waals surface area contributed by atoms with E-state index in [-0.39, 0.29) is 13.2 Å². The van der Waals surface area contributed by atoms with Crippen molar-refractivity contribution in [1.82, 2.24) is 0 Å². The van der Waals surface area contributed by atoms with Crippen LogP contribution in [0.5, 0.6) is 0 Å². The molecule has 0 bridgehead atoms. The lowest BCUT2D eigenvalue weighted by Gasteiger charge is -2.16. The number of hydrogen-bond donors (Lipinski definition) is 0. The van der Waals surface area contributed by atoms with Crippen LogP contribution in [-0.4, -0.2) is 41.0 Å². The summed E-state index contributed by atoms with van der Waals surface area (Å²) in [6, 6.07) is 0. The van der Waals surface area contributed by atoms with E-state index < -0.39 is 30.0 Å². The van der Waals surface area contributed by atoms with Crippen LogP contribution >= 0.6 is 7.60 Å². The van der Waals surface area contributed by atoms with Crippen molar-refractivity contribution in [1.29, 1.82) is 0 Å². The average Bonchev–Trinajstić information content (AvgIpc) is 2.14. The van der Waals surface area contributed by atoms with Crippen LogP contribution < -0.4 is 0 Å². The summed E-state index contributed by atoms with van der Waals surface area (Å²) in [5, 5.41) is 0. The van der Waals surface area contributed by atoms with E-state index in [2.05, 4.69) is 8.92 Å². The van der Waals surface area contributed by atoms with Crippen LogP contribution in [0, 0.1) is 0 Å². The molecule has 0 fully saturated rings. The van der Waals surface area contributed by atoms with Crippen molar-refractivity contribution in [2.45, 2.75) is 13.8 Å². The number of rotatable bonds is 9. The molecule has 0 aliphatic rings. The first-order valence-electron chi connectivity index (χ1n) is 4.63. The van der Waals surface area contributed by atoms with Crippen molar-refractivity contribution in [2.24, 2.45) is 0 Å². The Bertz CT molecular complexity index is 316. The Balaban J connectivity index is 4.55. The van der Waals surface area contributed by atoms with Gasteiger partial charge in [0.05, 0.1) is 13.2 Å². The molecular formula is C7H17O7PS. The largest absolute Gasteiger partial charge is 0.357 e. The van der Waals surface area contributed by atoms with Crippen molar-refractivity contribution < 1.29 is 31.0 Å². The van der Waals surface area contributed by atoms with Crippen molar-refractivity contribution in [3.05, 3.63) is 0 Å². The van der Waals surface area contributed by atoms with Gasteiger partial charge >= 0.3 is 7.60 Å². The van der Waals surface area contributed by atoms with E-state index in [0.29, 0.717) is 0 Å². The first-order valence-corrected chi connectivity index (χ1v) is 7.94. The molecule has 0 rings (SSSR count). The molecule has 0 atom stereocenters. The minimum atomic E-state index is -3.98. The predicted molar refractivity (Wildman–Crippen MR) is 57.6 cm³/mol. The third-order valence-electron chi connectivity index (χ3n) is 1.31. The zero-order valence-electron chi connectivity index (χ0n) is 9.54. The summed E-state index contributed by atoms with van der Waals surface area (Å²) < 4.78 is 53.0.